The van der Waals surface area contributed by atoms with Gasteiger partial charge in [0.05, 0.1) is 28.4 Å². The topological polar surface area (TPSA) is 231 Å². The van der Waals surface area contributed by atoms with E-state index in [4.69, 9.17) is 5.73 Å². The highest BCUT2D eigenvalue weighted by molar-refractivity contribution is 6.04. The third-order valence-electron chi connectivity index (χ3n) is 5.34. The van der Waals surface area contributed by atoms with Gasteiger partial charge in [0, 0.05) is 42.3 Å². The van der Waals surface area contributed by atoms with E-state index in [0.29, 0.717) is 0 Å². The van der Waals surface area contributed by atoms with Gasteiger partial charge in [-0.1, -0.05) is 6.58 Å². The zero-order valence-electron chi connectivity index (χ0n) is 25.4. The molecule has 1 rings (SSSR count). The Kier molecular flexibility index (Phi) is 12.5. The molecule has 0 radical (unpaired) electrons. The van der Waals surface area contributed by atoms with Crippen LogP contribution in [0.1, 0.15) is 0 Å². The molecule has 0 fully saturated rings. The second-order valence-corrected chi connectivity index (χ2v) is 8.05. The number of rotatable bonds is 5. The molecule has 0 bridgehead atoms. The van der Waals surface area contributed by atoms with E-state index in [9.17, 15) is 24.0 Å². The molecule has 43 heavy (non-hydrogen) atoms. The smallest absolute Gasteiger partial charge is 0.416 e. The van der Waals surface area contributed by atoms with Crippen LogP contribution in [0, 0.1) is 0 Å². The number of hydrogen-bond acceptors (Lipinski definition) is 13. The summed E-state index contributed by atoms with van der Waals surface area (Å²) in [7, 11) is 12.1. The fourth-order valence-electron chi connectivity index (χ4n) is 2.64. The first-order chi connectivity index (χ1) is 20.0. The number of nitrogens with two attached hydrogens (primary N) is 1. The van der Waals surface area contributed by atoms with Crippen molar-refractivity contribution in [2.75, 3.05) is 85.4 Å². The van der Waals surface area contributed by atoms with Crippen molar-refractivity contribution in [2.24, 2.45) is 15.7 Å². The van der Waals surface area contributed by atoms with Crippen LogP contribution in [0.5, 0.6) is 0 Å². The Bertz CT molecular complexity index is 1280. The maximum atomic E-state index is 13.4. The van der Waals surface area contributed by atoms with Crippen molar-refractivity contribution < 1.29 is 42.9 Å². The Balaban J connectivity index is 3.56. The Labute approximate surface area is 246 Å². The number of ether oxygens (including phenoxy) is 4. The third kappa shape index (κ3) is 8.61. The summed E-state index contributed by atoms with van der Waals surface area (Å²) >= 11 is 0. The highest BCUT2D eigenvalue weighted by Gasteiger charge is 2.27. The number of methoxy groups -OCH3 is 4. The van der Waals surface area contributed by atoms with Gasteiger partial charge in [0.25, 0.3) is 0 Å². The van der Waals surface area contributed by atoms with Crippen molar-refractivity contribution in [2.45, 2.75) is 0 Å². The molecule has 6 amide bonds. The minimum Gasteiger partial charge on any atom is -0.452 e. The summed E-state index contributed by atoms with van der Waals surface area (Å²) in [6, 6.07) is -0.831. The van der Waals surface area contributed by atoms with E-state index in [2.05, 4.69) is 50.5 Å². The monoisotopic (exact) mass is 610 g/mol. The summed E-state index contributed by atoms with van der Waals surface area (Å²) < 4.78 is 18.6. The van der Waals surface area contributed by atoms with Crippen molar-refractivity contribution in [1.29, 1.82) is 0 Å². The van der Waals surface area contributed by atoms with Gasteiger partial charge in [-0.25, -0.2) is 38.7 Å². The Hall–Kier alpha value is -5.76. The maximum absolute atomic E-state index is 13.4. The predicted octanol–water partition coefficient (Wildman–Crippen LogP) is 0.303. The molecular formula is C22H34N12O9. The lowest BCUT2D eigenvalue weighted by atomic mass is 10.6. The van der Waals surface area contributed by atoms with E-state index in [-0.39, 0.29) is 23.7 Å². The molecule has 0 aliphatic rings. The van der Waals surface area contributed by atoms with Crippen LogP contribution in [0.4, 0.5) is 41.8 Å². The number of carbonyl (C=O) groups is 5. The van der Waals surface area contributed by atoms with Crippen molar-refractivity contribution in [3.8, 4) is 0 Å². The molecule has 0 aromatic carbocycles. The molecule has 0 spiro atoms. The molecule has 236 valence electrons. The summed E-state index contributed by atoms with van der Waals surface area (Å²) in [6.07, 6.45) is -3.47. The van der Waals surface area contributed by atoms with E-state index in [0.717, 1.165) is 57.8 Å². The van der Waals surface area contributed by atoms with Crippen LogP contribution in [0.15, 0.2) is 22.4 Å². The van der Waals surface area contributed by atoms with Crippen LogP contribution in [0.2, 0.25) is 0 Å². The number of hydrogen-bond donors (Lipinski definition) is 1. The highest BCUT2D eigenvalue weighted by atomic mass is 16.6. The van der Waals surface area contributed by atoms with Crippen LogP contribution < -0.4 is 20.4 Å². The van der Waals surface area contributed by atoms with Gasteiger partial charge in [-0.15, -0.1) is 0 Å². The van der Waals surface area contributed by atoms with Crippen LogP contribution >= 0.6 is 0 Å². The molecule has 0 saturated carbocycles. The lowest BCUT2D eigenvalue weighted by Gasteiger charge is -2.25. The summed E-state index contributed by atoms with van der Waals surface area (Å²) in [5.41, 5.74) is 5.85. The zero-order valence-corrected chi connectivity index (χ0v) is 25.4. The Morgan fingerprint density at radius 3 is 1.37 bits per heavy atom. The lowest BCUT2D eigenvalue weighted by Crippen LogP contribution is -2.42. The van der Waals surface area contributed by atoms with Gasteiger partial charge in [-0.2, -0.15) is 24.9 Å². The van der Waals surface area contributed by atoms with Gasteiger partial charge in [0.2, 0.25) is 29.8 Å². The van der Waals surface area contributed by atoms with Gasteiger partial charge < -0.3 is 24.7 Å². The van der Waals surface area contributed by atoms with Crippen molar-refractivity contribution in [1.82, 2.24) is 29.7 Å². The largest absolute Gasteiger partial charge is 0.452 e. The lowest BCUT2D eigenvalue weighted by molar-refractivity contribution is 0.151. The van der Waals surface area contributed by atoms with E-state index >= 15 is 0 Å². The second-order valence-electron chi connectivity index (χ2n) is 8.05. The van der Waals surface area contributed by atoms with Crippen molar-refractivity contribution >= 4 is 60.2 Å². The maximum Gasteiger partial charge on any atom is 0.416 e. The predicted molar refractivity (Wildman–Crippen MR) is 152 cm³/mol. The number of anilines is 3. The highest BCUT2D eigenvalue weighted by Crippen LogP contribution is 2.20. The minimum absolute atomic E-state index is 0.271. The van der Waals surface area contributed by atoms with Crippen LogP contribution in [-0.4, -0.2) is 143 Å². The van der Waals surface area contributed by atoms with Crippen LogP contribution in [0.25, 0.3) is 0 Å². The average molecular weight is 611 g/mol. The van der Waals surface area contributed by atoms with Gasteiger partial charge in [-0.3, -0.25) is 14.7 Å². The van der Waals surface area contributed by atoms with Gasteiger partial charge >= 0.3 is 30.4 Å². The SMILES string of the molecule is C=C(N=C(N=C(N)N(C)C(=O)OC)N(C)C(=O)OC)N(C)C(=O)N(C)c1nc(N(C)C(=O)OC)nc(N(C)C(=O)OC)n1. The van der Waals surface area contributed by atoms with E-state index in [1.165, 1.54) is 42.3 Å². The molecule has 0 aliphatic heterocycles. The van der Waals surface area contributed by atoms with Gasteiger partial charge in [0.1, 0.15) is 5.82 Å². The molecule has 2 N–H and O–H groups in total. The minimum atomic E-state index is -0.912. The molecule has 1 heterocycles. The summed E-state index contributed by atoms with van der Waals surface area (Å²) in [5.74, 6) is -1.97. The molecule has 0 atom stereocenters. The van der Waals surface area contributed by atoms with E-state index in [1.54, 1.807) is 0 Å². The van der Waals surface area contributed by atoms with E-state index < -0.39 is 42.3 Å². The van der Waals surface area contributed by atoms with Crippen molar-refractivity contribution in [3.05, 3.63) is 12.4 Å². The third-order valence-corrected chi connectivity index (χ3v) is 5.34. The normalized spacial score (nSPS) is 11.0. The van der Waals surface area contributed by atoms with Crippen molar-refractivity contribution in [3.63, 3.8) is 0 Å². The fraction of sp³-hybridized carbons (Fsp3) is 0.455. The number of aliphatic imine (C=N–C) groups is 2. The standard InChI is InChI=1S/C22H34N12O9/c1-12(24-14(32(5)20(37)41-9)25-13(23)30(3)19(36)40-8)29(2)18(35)31(4)15-26-16(33(6)21(38)42-10)28-17(27-15)34(7)22(39)43-11/h1H2,2-11H3,(H2,23,24,25). The molecule has 0 unspecified atom stereocenters. The first-order valence-electron chi connectivity index (χ1n) is 11.7. The molecule has 1 aromatic heterocycles. The Morgan fingerprint density at radius 1 is 0.605 bits per heavy atom. The number of guanidine groups is 2. The quantitative estimate of drug-likeness (QED) is 0.269. The first-order valence-corrected chi connectivity index (χ1v) is 11.7. The Morgan fingerprint density at radius 2 is 0.977 bits per heavy atom. The van der Waals surface area contributed by atoms with Gasteiger partial charge in [0.15, 0.2) is 0 Å². The zero-order chi connectivity index (χ0) is 33.2. The summed E-state index contributed by atoms with van der Waals surface area (Å²) in [4.78, 5) is 87.3. The molecular weight excluding hydrogens is 576 g/mol. The fourth-order valence-corrected chi connectivity index (χ4v) is 2.64. The average Bonchev–Trinajstić information content (AvgIpc) is 3.03. The molecule has 0 saturated heterocycles. The van der Waals surface area contributed by atoms with Crippen LogP contribution in [0.3, 0.4) is 0 Å². The molecule has 21 heteroatoms. The number of nitrogens with zero attached hydrogens (tertiary/aromatic N) is 11. The molecule has 21 nitrogen and oxygen atoms in total. The van der Waals surface area contributed by atoms with Gasteiger partial charge in [-0.05, 0) is 0 Å². The van der Waals surface area contributed by atoms with E-state index in [1.807, 2.05) is 0 Å². The number of carbonyl (C=O) groups excluding carboxylic acids is 5. The first kappa shape index (κ1) is 35.3. The molecule has 1 aromatic rings. The summed E-state index contributed by atoms with van der Waals surface area (Å²) in [5, 5.41) is 0. The second kappa shape index (κ2) is 15.3. The van der Waals surface area contributed by atoms with Crippen LogP contribution in [-0.2, 0) is 18.9 Å². The number of urea groups is 1. The summed E-state index contributed by atoms with van der Waals surface area (Å²) in [6.45, 7) is 3.73. The molecule has 0 aliphatic carbocycles. The number of aromatic nitrogens is 3. The number of amides is 6.